The minimum absolute atomic E-state index is 0. The maximum absolute atomic E-state index is 11.9. The third-order valence-electron chi connectivity index (χ3n) is 3.62. The molecule has 0 radical (unpaired) electrons. The van der Waals surface area contributed by atoms with Crippen molar-refractivity contribution in [3.05, 3.63) is 35.4 Å². The molecule has 0 fully saturated rings. The first-order valence-electron chi connectivity index (χ1n) is 7.06. The van der Waals surface area contributed by atoms with Gasteiger partial charge in [0.15, 0.2) is 0 Å². The molecular weight excluding hydrogens is 272 g/mol. The van der Waals surface area contributed by atoms with Crippen molar-refractivity contribution in [3.8, 4) is 0 Å². The molecule has 1 rings (SSSR count). The summed E-state index contributed by atoms with van der Waals surface area (Å²) in [6.45, 7) is 4.59. The van der Waals surface area contributed by atoms with Crippen molar-refractivity contribution in [2.75, 3.05) is 13.6 Å². The number of rotatable bonds is 7. The molecule has 1 unspecified atom stereocenters. The number of carbonyl (C=O) groups excluding carboxylic acids is 1. The molecule has 1 atom stereocenters. The molecule has 2 N–H and O–H groups in total. The number of nitrogens with zero attached hydrogens (tertiary/aromatic N) is 1. The molecule has 1 aromatic rings. The summed E-state index contributed by atoms with van der Waals surface area (Å²) >= 11 is 0. The highest BCUT2D eigenvalue weighted by molar-refractivity contribution is 5.85. The molecule has 0 heterocycles. The molecule has 4 heteroatoms. The number of halogens is 1. The lowest BCUT2D eigenvalue weighted by molar-refractivity contribution is -0.131. The second kappa shape index (κ2) is 9.78. The standard InChI is InChI=1S/C16H26N2O.ClH/c1-13-8-10-15(11-9-13)6-4-5-7-16(19)18(3)14(2)12-17;/h8-11,14H,4-7,12,17H2,1-3H3;1H. The molecule has 20 heavy (non-hydrogen) atoms. The lowest BCUT2D eigenvalue weighted by atomic mass is 10.1. The van der Waals surface area contributed by atoms with Crippen LogP contribution >= 0.6 is 12.4 Å². The Labute approximate surface area is 128 Å². The van der Waals surface area contributed by atoms with Gasteiger partial charge in [-0.2, -0.15) is 0 Å². The zero-order chi connectivity index (χ0) is 14.3. The Hall–Kier alpha value is -1.06. The van der Waals surface area contributed by atoms with Gasteiger partial charge in [-0.1, -0.05) is 29.8 Å². The van der Waals surface area contributed by atoms with Crippen LogP contribution in [0.1, 0.15) is 37.3 Å². The second-order valence-electron chi connectivity index (χ2n) is 5.28. The van der Waals surface area contributed by atoms with E-state index in [1.807, 2.05) is 14.0 Å². The topological polar surface area (TPSA) is 46.3 Å². The van der Waals surface area contributed by atoms with Gasteiger partial charge in [-0.05, 0) is 38.7 Å². The summed E-state index contributed by atoms with van der Waals surface area (Å²) in [6.07, 6.45) is 3.66. The van der Waals surface area contributed by atoms with Crippen molar-refractivity contribution in [1.82, 2.24) is 4.90 Å². The van der Waals surface area contributed by atoms with Gasteiger partial charge in [0.05, 0.1) is 0 Å². The van der Waals surface area contributed by atoms with Crippen LogP contribution < -0.4 is 5.73 Å². The van der Waals surface area contributed by atoms with E-state index >= 15 is 0 Å². The number of hydrogen-bond acceptors (Lipinski definition) is 2. The molecule has 1 amide bonds. The minimum atomic E-state index is 0. The average Bonchev–Trinajstić information content (AvgIpc) is 2.43. The van der Waals surface area contributed by atoms with Gasteiger partial charge in [0.1, 0.15) is 0 Å². The zero-order valence-corrected chi connectivity index (χ0v) is 13.6. The van der Waals surface area contributed by atoms with Crippen LogP contribution in [0, 0.1) is 6.92 Å². The van der Waals surface area contributed by atoms with Gasteiger partial charge < -0.3 is 10.6 Å². The number of likely N-dealkylation sites (N-methyl/N-ethyl adjacent to an activating group) is 1. The molecule has 0 saturated heterocycles. The van der Waals surface area contributed by atoms with Crippen LogP contribution in [0.2, 0.25) is 0 Å². The van der Waals surface area contributed by atoms with Crippen LogP contribution in [0.15, 0.2) is 24.3 Å². The summed E-state index contributed by atoms with van der Waals surface area (Å²) in [6, 6.07) is 8.73. The van der Waals surface area contributed by atoms with Crippen molar-refractivity contribution < 1.29 is 4.79 Å². The van der Waals surface area contributed by atoms with E-state index in [2.05, 4.69) is 31.2 Å². The van der Waals surface area contributed by atoms with Crippen molar-refractivity contribution >= 4 is 18.3 Å². The Morgan fingerprint density at radius 2 is 1.85 bits per heavy atom. The second-order valence-corrected chi connectivity index (χ2v) is 5.28. The summed E-state index contributed by atoms with van der Waals surface area (Å²) in [5, 5.41) is 0. The van der Waals surface area contributed by atoms with E-state index < -0.39 is 0 Å². The van der Waals surface area contributed by atoms with Gasteiger partial charge in [-0.3, -0.25) is 4.79 Å². The molecule has 0 aliphatic rings. The summed E-state index contributed by atoms with van der Waals surface area (Å²) in [7, 11) is 1.83. The fraction of sp³-hybridized carbons (Fsp3) is 0.562. The zero-order valence-electron chi connectivity index (χ0n) is 12.8. The van der Waals surface area contributed by atoms with E-state index in [0.29, 0.717) is 13.0 Å². The van der Waals surface area contributed by atoms with Crippen molar-refractivity contribution in [3.63, 3.8) is 0 Å². The number of nitrogens with two attached hydrogens (primary N) is 1. The Morgan fingerprint density at radius 1 is 1.25 bits per heavy atom. The maximum atomic E-state index is 11.9. The van der Waals surface area contributed by atoms with Gasteiger partial charge in [0.2, 0.25) is 5.91 Å². The van der Waals surface area contributed by atoms with E-state index in [4.69, 9.17) is 5.73 Å². The lowest BCUT2D eigenvalue weighted by Gasteiger charge is -2.23. The lowest BCUT2D eigenvalue weighted by Crippen LogP contribution is -2.39. The van der Waals surface area contributed by atoms with Crippen LogP contribution in [-0.2, 0) is 11.2 Å². The Kier molecular flexibility index (Phi) is 9.26. The van der Waals surface area contributed by atoms with Gasteiger partial charge in [0.25, 0.3) is 0 Å². The maximum Gasteiger partial charge on any atom is 0.222 e. The number of aryl methyl sites for hydroxylation is 2. The third kappa shape index (κ3) is 6.40. The van der Waals surface area contributed by atoms with Gasteiger partial charge >= 0.3 is 0 Å². The number of benzene rings is 1. The summed E-state index contributed by atoms with van der Waals surface area (Å²) in [5.41, 5.74) is 8.20. The molecule has 0 aromatic heterocycles. The first-order valence-corrected chi connectivity index (χ1v) is 7.06. The van der Waals surface area contributed by atoms with Crippen LogP contribution in [0.5, 0.6) is 0 Å². The normalized spacial score (nSPS) is 11.6. The van der Waals surface area contributed by atoms with Crippen molar-refractivity contribution in [2.24, 2.45) is 5.73 Å². The van der Waals surface area contributed by atoms with Crippen molar-refractivity contribution in [2.45, 2.75) is 45.6 Å². The van der Waals surface area contributed by atoms with Gasteiger partial charge in [0, 0.05) is 26.1 Å². The molecule has 0 aliphatic carbocycles. The molecule has 0 spiro atoms. The number of carbonyl (C=O) groups is 1. The van der Waals surface area contributed by atoms with Crippen molar-refractivity contribution in [1.29, 1.82) is 0 Å². The Balaban J connectivity index is 0.00000361. The van der Waals surface area contributed by atoms with E-state index in [1.165, 1.54) is 11.1 Å². The van der Waals surface area contributed by atoms with Crippen LogP contribution in [0.3, 0.4) is 0 Å². The van der Waals surface area contributed by atoms with E-state index in [9.17, 15) is 4.79 Å². The summed E-state index contributed by atoms with van der Waals surface area (Å²) < 4.78 is 0. The molecule has 1 aromatic carbocycles. The fourth-order valence-electron chi connectivity index (χ4n) is 1.94. The van der Waals surface area contributed by atoms with Gasteiger partial charge in [-0.15, -0.1) is 12.4 Å². The van der Waals surface area contributed by atoms with Crippen LogP contribution in [0.4, 0.5) is 0 Å². The highest BCUT2D eigenvalue weighted by Gasteiger charge is 2.13. The first kappa shape index (κ1) is 18.9. The smallest absolute Gasteiger partial charge is 0.222 e. The van der Waals surface area contributed by atoms with Crippen LogP contribution in [0.25, 0.3) is 0 Å². The quantitative estimate of drug-likeness (QED) is 0.787. The Morgan fingerprint density at radius 3 is 2.40 bits per heavy atom. The molecule has 0 saturated carbocycles. The molecule has 114 valence electrons. The highest BCUT2D eigenvalue weighted by Crippen LogP contribution is 2.09. The number of hydrogen-bond donors (Lipinski definition) is 1. The predicted molar refractivity (Wildman–Crippen MR) is 87.3 cm³/mol. The molecule has 3 nitrogen and oxygen atoms in total. The molecular formula is C16H27ClN2O. The first-order chi connectivity index (χ1) is 9.04. The SMILES string of the molecule is Cc1ccc(CCCCC(=O)N(C)C(C)CN)cc1.Cl. The van der Waals surface area contributed by atoms with E-state index in [-0.39, 0.29) is 24.4 Å². The number of amides is 1. The predicted octanol–water partition coefficient (Wildman–Crippen LogP) is 2.94. The van der Waals surface area contributed by atoms with Gasteiger partial charge in [-0.25, -0.2) is 0 Å². The summed E-state index contributed by atoms with van der Waals surface area (Å²) in [5.74, 6) is 0.196. The van der Waals surface area contributed by atoms with E-state index in [1.54, 1.807) is 4.90 Å². The largest absolute Gasteiger partial charge is 0.342 e. The third-order valence-corrected chi connectivity index (χ3v) is 3.62. The fourth-order valence-corrected chi connectivity index (χ4v) is 1.94. The molecule has 0 bridgehead atoms. The summed E-state index contributed by atoms with van der Waals surface area (Å²) in [4.78, 5) is 13.6. The monoisotopic (exact) mass is 298 g/mol. The van der Waals surface area contributed by atoms with E-state index in [0.717, 1.165) is 19.3 Å². The molecule has 0 aliphatic heterocycles. The highest BCUT2D eigenvalue weighted by atomic mass is 35.5. The minimum Gasteiger partial charge on any atom is -0.342 e. The average molecular weight is 299 g/mol. The Bertz CT molecular complexity index is 392. The number of unbranched alkanes of at least 4 members (excludes halogenated alkanes) is 1. The van der Waals surface area contributed by atoms with Crippen LogP contribution in [-0.4, -0.2) is 30.4 Å².